The molecule has 2 aromatic rings. The van der Waals surface area contributed by atoms with Gasteiger partial charge >= 0.3 is 5.97 Å². The van der Waals surface area contributed by atoms with Gasteiger partial charge in [0.05, 0.1) is 19.3 Å². The number of rotatable bonds is 12. The molecule has 0 unspecified atom stereocenters. The first-order valence-electron chi connectivity index (χ1n) is 10.5. The van der Waals surface area contributed by atoms with Crippen LogP contribution < -0.4 is 4.90 Å². The zero-order chi connectivity index (χ0) is 21.3. The summed E-state index contributed by atoms with van der Waals surface area (Å²) in [6.07, 6.45) is 6.42. The summed E-state index contributed by atoms with van der Waals surface area (Å²) in [6.45, 7) is 1.05. The van der Waals surface area contributed by atoms with Crippen molar-refractivity contribution in [3.05, 3.63) is 51.7 Å². The molecule has 1 aromatic carbocycles. The molecule has 1 atom stereocenters. The van der Waals surface area contributed by atoms with Crippen molar-refractivity contribution in [3.63, 3.8) is 0 Å². The lowest BCUT2D eigenvalue weighted by Gasteiger charge is -2.25. The normalized spacial score (nSPS) is 16.4. The Hall–Kier alpha value is -2.22. The molecule has 30 heavy (non-hydrogen) atoms. The predicted molar refractivity (Wildman–Crippen MR) is 117 cm³/mol. The molecule has 2 heterocycles. The minimum atomic E-state index is -0.924. The fourth-order valence-corrected chi connectivity index (χ4v) is 4.52. The van der Waals surface area contributed by atoms with Crippen LogP contribution in [-0.2, 0) is 22.6 Å². The molecule has 1 fully saturated rings. The Morgan fingerprint density at radius 2 is 1.87 bits per heavy atom. The Bertz CT molecular complexity index is 832. The standard InChI is InChI=1S/C23H29NO5S/c25-14-4-2-1-3-5-17-6-8-18(9-7-17)24-19(10-13-22(24)26)15-29-16-20-11-12-21(30-20)23(27)28/h6-9,11-12,19,25H,1-5,10,13-16H2,(H,27,28)/t19-/m1/s1. The molecule has 1 saturated heterocycles. The van der Waals surface area contributed by atoms with Gasteiger partial charge in [0.15, 0.2) is 0 Å². The predicted octanol–water partition coefficient (Wildman–Crippen LogP) is 4.25. The third kappa shape index (κ3) is 6.14. The number of benzene rings is 1. The Morgan fingerprint density at radius 1 is 1.10 bits per heavy atom. The van der Waals surface area contributed by atoms with Crippen LogP contribution in [0.4, 0.5) is 5.69 Å². The maximum absolute atomic E-state index is 12.4. The summed E-state index contributed by atoms with van der Waals surface area (Å²) in [5.74, 6) is -0.808. The highest BCUT2D eigenvalue weighted by Gasteiger charge is 2.32. The minimum Gasteiger partial charge on any atom is -0.477 e. The molecule has 1 aliphatic heterocycles. The van der Waals surface area contributed by atoms with E-state index in [1.807, 2.05) is 17.0 Å². The van der Waals surface area contributed by atoms with Crippen molar-refractivity contribution in [1.82, 2.24) is 0 Å². The number of unbranched alkanes of at least 4 members (excludes halogenated alkanes) is 3. The molecule has 7 heteroatoms. The Balaban J connectivity index is 1.50. The van der Waals surface area contributed by atoms with E-state index < -0.39 is 5.97 Å². The number of aliphatic hydroxyl groups excluding tert-OH is 1. The molecule has 3 rings (SSSR count). The number of amides is 1. The second-order valence-electron chi connectivity index (χ2n) is 7.60. The van der Waals surface area contributed by atoms with Crippen LogP contribution in [0.15, 0.2) is 36.4 Å². The molecule has 0 bridgehead atoms. The van der Waals surface area contributed by atoms with Crippen LogP contribution in [0, 0.1) is 0 Å². The van der Waals surface area contributed by atoms with E-state index in [2.05, 4.69) is 12.1 Å². The largest absolute Gasteiger partial charge is 0.477 e. The van der Waals surface area contributed by atoms with Crippen LogP contribution in [0.5, 0.6) is 0 Å². The third-order valence-electron chi connectivity index (χ3n) is 5.34. The summed E-state index contributed by atoms with van der Waals surface area (Å²) in [6, 6.07) is 11.6. The number of carboxylic acids is 1. The number of carbonyl (C=O) groups is 2. The van der Waals surface area contributed by atoms with Crippen molar-refractivity contribution in [2.45, 2.75) is 57.6 Å². The topological polar surface area (TPSA) is 87.1 Å². The fraction of sp³-hybridized carbons (Fsp3) is 0.478. The zero-order valence-electron chi connectivity index (χ0n) is 17.1. The number of carboxylic acid groups (broad SMARTS) is 1. The first-order chi connectivity index (χ1) is 14.6. The lowest BCUT2D eigenvalue weighted by atomic mass is 10.1. The number of nitrogens with zero attached hydrogens (tertiary/aromatic N) is 1. The van der Waals surface area contributed by atoms with Gasteiger partial charge in [0.25, 0.3) is 0 Å². The van der Waals surface area contributed by atoms with Crippen molar-refractivity contribution in [1.29, 1.82) is 0 Å². The monoisotopic (exact) mass is 431 g/mol. The number of aromatic carboxylic acids is 1. The molecular weight excluding hydrogens is 402 g/mol. The molecule has 0 radical (unpaired) electrons. The Kier molecular flexibility index (Phi) is 8.42. The summed E-state index contributed by atoms with van der Waals surface area (Å²) >= 11 is 1.22. The number of hydrogen-bond acceptors (Lipinski definition) is 5. The van der Waals surface area contributed by atoms with Crippen LogP contribution in [0.25, 0.3) is 0 Å². The molecule has 1 aliphatic rings. The van der Waals surface area contributed by atoms with Gasteiger partial charge in [0.2, 0.25) is 5.91 Å². The van der Waals surface area contributed by atoms with Gasteiger partial charge in [-0.15, -0.1) is 11.3 Å². The van der Waals surface area contributed by atoms with Gasteiger partial charge in [0.1, 0.15) is 4.88 Å². The van der Waals surface area contributed by atoms with E-state index in [0.717, 1.165) is 49.1 Å². The number of ether oxygens (including phenoxy) is 1. The Labute approximate surface area is 181 Å². The molecule has 6 nitrogen and oxygen atoms in total. The Morgan fingerprint density at radius 3 is 2.57 bits per heavy atom. The number of anilines is 1. The van der Waals surface area contributed by atoms with E-state index in [1.54, 1.807) is 12.1 Å². The second kappa shape index (κ2) is 11.2. The van der Waals surface area contributed by atoms with Crippen molar-refractivity contribution >= 4 is 28.9 Å². The van der Waals surface area contributed by atoms with Gasteiger partial charge in [-0.05, 0) is 55.5 Å². The van der Waals surface area contributed by atoms with Crippen LogP contribution in [0.1, 0.15) is 58.6 Å². The average molecular weight is 432 g/mol. The first-order valence-corrected chi connectivity index (χ1v) is 11.3. The van der Waals surface area contributed by atoms with Crippen molar-refractivity contribution in [3.8, 4) is 0 Å². The summed E-state index contributed by atoms with van der Waals surface area (Å²) in [7, 11) is 0. The van der Waals surface area contributed by atoms with Crippen LogP contribution in [0.3, 0.4) is 0 Å². The van der Waals surface area contributed by atoms with Crippen LogP contribution in [0.2, 0.25) is 0 Å². The van der Waals surface area contributed by atoms with E-state index in [0.29, 0.717) is 24.5 Å². The third-order valence-corrected chi connectivity index (χ3v) is 6.39. The number of thiophene rings is 1. The first kappa shape index (κ1) is 22.5. The summed E-state index contributed by atoms with van der Waals surface area (Å²) in [5, 5.41) is 17.8. The van der Waals surface area contributed by atoms with Gasteiger partial charge in [-0.1, -0.05) is 25.0 Å². The van der Waals surface area contributed by atoms with Crippen LogP contribution in [-0.4, -0.2) is 41.3 Å². The maximum atomic E-state index is 12.4. The van der Waals surface area contributed by atoms with Crippen molar-refractivity contribution < 1.29 is 24.5 Å². The van der Waals surface area contributed by atoms with Gasteiger partial charge in [-0.3, -0.25) is 4.79 Å². The molecule has 0 saturated carbocycles. The summed E-state index contributed by atoms with van der Waals surface area (Å²) in [5.41, 5.74) is 2.16. The van der Waals surface area contributed by atoms with Crippen LogP contribution >= 0.6 is 11.3 Å². The van der Waals surface area contributed by atoms with E-state index in [1.165, 1.54) is 16.9 Å². The SMILES string of the molecule is O=C(O)c1ccc(COC[C@H]2CCC(=O)N2c2ccc(CCCCCCO)cc2)s1. The quantitative estimate of drug-likeness (QED) is 0.491. The molecule has 162 valence electrons. The molecule has 2 N–H and O–H groups in total. The molecule has 1 aromatic heterocycles. The van der Waals surface area contributed by atoms with Crippen molar-refractivity contribution in [2.75, 3.05) is 18.1 Å². The van der Waals surface area contributed by atoms with E-state index >= 15 is 0 Å². The van der Waals surface area contributed by atoms with Gasteiger partial charge in [-0.25, -0.2) is 4.79 Å². The highest BCUT2D eigenvalue weighted by molar-refractivity contribution is 7.13. The van der Waals surface area contributed by atoms with E-state index in [-0.39, 0.29) is 18.6 Å². The molecule has 0 spiro atoms. The van der Waals surface area contributed by atoms with Gasteiger partial charge in [0, 0.05) is 23.6 Å². The average Bonchev–Trinajstić information content (AvgIpc) is 3.36. The van der Waals surface area contributed by atoms with Crippen molar-refractivity contribution in [2.24, 2.45) is 0 Å². The summed E-state index contributed by atoms with van der Waals surface area (Å²) in [4.78, 5) is 26.4. The zero-order valence-corrected chi connectivity index (χ0v) is 17.9. The summed E-state index contributed by atoms with van der Waals surface area (Å²) < 4.78 is 5.81. The van der Waals surface area contributed by atoms with Gasteiger partial charge < -0.3 is 19.8 Å². The fourth-order valence-electron chi connectivity index (χ4n) is 3.74. The number of hydrogen-bond donors (Lipinski definition) is 2. The lowest BCUT2D eigenvalue weighted by Crippen LogP contribution is -2.36. The highest BCUT2D eigenvalue weighted by atomic mass is 32.1. The molecule has 1 amide bonds. The molecular formula is C23H29NO5S. The van der Waals surface area contributed by atoms with Gasteiger partial charge in [-0.2, -0.15) is 0 Å². The number of aryl methyl sites for hydroxylation is 1. The van der Waals surface area contributed by atoms with E-state index in [4.69, 9.17) is 14.9 Å². The second-order valence-corrected chi connectivity index (χ2v) is 8.77. The lowest BCUT2D eigenvalue weighted by molar-refractivity contribution is -0.117. The highest BCUT2D eigenvalue weighted by Crippen LogP contribution is 2.28. The smallest absolute Gasteiger partial charge is 0.345 e. The van der Waals surface area contributed by atoms with E-state index in [9.17, 15) is 9.59 Å². The maximum Gasteiger partial charge on any atom is 0.345 e. The molecule has 0 aliphatic carbocycles. The minimum absolute atomic E-state index is 0.000683. The number of aliphatic hydroxyl groups is 1. The number of carbonyl (C=O) groups excluding carboxylic acids is 1.